The Labute approximate surface area is 112 Å². The number of ether oxygens (including phenoxy) is 1. The number of nitrogens with one attached hydrogen (secondary N) is 1. The third kappa shape index (κ3) is 5.49. The molecule has 0 saturated carbocycles. The second-order valence-electron chi connectivity index (χ2n) is 4.00. The van der Waals surface area contributed by atoms with Crippen molar-refractivity contribution in [2.24, 2.45) is 0 Å². The van der Waals surface area contributed by atoms with E-state index in [-0.39, 0.29) is 11.8 Å². The molecule has 0 aliphatic rings. The predicted octanol–water partition coefficient (Wildman–Crippen LogP) is 2.13. The lowest BCUT2D eigenvalue weighted by Gasteiger charge is -2.06. The first-order valence-corrected chi connectivity index (χ1v) is 6.22. The van der Waals surface area contributed by atoms with Gasteiger partial charge in [0.05, 0.1) is 18.2 Å². The van der Waals surface area contributed by atoms with E-state index in [0.717, 1.165) is 0 Å². The van der Waals surface area contributed by atoms with Gasteiger partial charge in [-0.05, 0) is 38.1 Å². The van der Waals surface area contributed by atoms with E-state index >= 15 is 0 Å². The Morgan fingerprint density at radius 2 is 2.32 bits per heavy atom. The van der Waals surface area contributed by atoms with Crippen LogP contribution in [0.4, 0.5) is 4.39 Å². The van der Waals surface area contributed by atoms with Crippen LogP contribution in [0.25, 0.3) is 0 Å². The summed E-state index contributed by atoms with van der Waals surface area (Å²) in [5.74, 6) is -0.557. The molecule has 0 saturated heterocycles. The van der Waals surface area contributed by atoms with Crippen LogP contribution in [0, 0.1) is 17.1 Å². The molecular formula is C14H17FN2O2. The smallest absolute Gasteiger partial charge is 0.305 e. The summed E-state index contributed by atoms with van der Waals surface area (Å²) in [4.78, 5) is 11.1. The normalized spacial score (nSPS) is 9.95. The quantitative estimate of drug-likeness (QED) is 0.605. The van der Waals surface area contributed by atoms with Crippen molar-refractivity contribution in [2.75, 3.05) is 13.2 Å². The summed E-state index contributed by atoms with van der Waals surface area (Å²) in [6.45, 7) is 3.08. The summed E-state index contributed by atoms with van der Waals surface area (Å²) >= 11 is 0. The largest absolute Gasteiger partial charge is 0.466 e. The highest BCUT2D eigenvalue weighted by Crippen LogP contribution is 2.09. The van der Waals surface area contributed by atoms with Crippen molar-refractivity contribution in [3.05, 3.63) is 35.1 Å². The van der Waals surface area contributed by atoms with Crippen molar-refractivity contribution in [1.82, 2.24) is 5.32 Å². The number of esters is 1. The number of hydrogen-bond acceptors (Lipinski definition) is 4. The maximum Gasteiger partial charge on any atom is 0.305 e. The van der Waals surface area contributed by atoms with Crippen LogP contribution in [-0.4, -0.2) is 19.1 Å². The van der Waals surface area contributed by atoms with Crippen LogP contribution in [0.5, 0.6) is 0 Å². The molecule has 5 heteroatoms. The lowest BCUT2D eigenvalue weighted by molar-refractivity contribution is -0.143. The third-order valence-corrected chi connectivity index (χ3v) is 2.53. The van der Waals surface area contributed by atoms with Gasteiger partial charge in [0.25, 0.3) is 0 Å². The highest BCUT2D eigenvalue weighted by atomic mass is 19.1. The lowest BCUT2D eigenvalue weighted by atomic mass is 10.1. The van der Waals surface area contributed by atoms with Crippen LogP contribution >= 0.6 is 0 Å². The first-order valence-electron chi connectivity index (χ1n) is 6.22. The Morgan fingerprint density at radius 1 is 1.53 bits per heavy atom. The Hall–Kier alpha value is -1.93. The van der Waals surface area contributed by atoms with Gasteiger partial charge in [0.15, 0.2) is 0 Å². The Bertz CT molecular complexity index is 469. The molecule has 1 aromatic carbocycles. The highest BCUT2D eigenvalue weighted by molar-refractivity contribution is 5.69. The average Bonchev–Trinajstić information content (AvgIpc) is 2.40. The van der Waals surface area contributed by atoms with Crippen LogP contribution < -0.4 is 5.32 Å². The molecule has 0 aliphatic heterocycles. The first-order chi connectivity index (χ1) is 9.17. The monoisotopic (exact) mass is 264 g/mol. The number of hydrogen-bond donors (Lipinski definition) is 1. The minimum Gasteiger partial charge on any atom is -0.466 e. The zero-order chi connectivity index (χ0) is 14.1. The van der Waals surface area contributed by atoms with E-state index < -0.39 is 0 Å². The van der Waals surface area contributed by atoms with E-state index in [2.05, 4.69) is 5.32 Å². The van der Waals surface area contributed by atoms with E-state index in [4.69, 9.17) is 10.00 Å². The standard InChI is InChI=1S/C14H17FN2O2/c1-2-19-14(18)4-3-7-17-10-12-8-11(9-16)5-6-13(12)15/h5-6,8,17H,2-4,7,10H2,1H3. The van der Waals surface area contributed by atoms with E-state index in [1.54, 1.807) is 6.92 Å². The van der Waals surface area contributed by atoms with E-state index in [9.17, 15) is 9.18 Å². The van der Waals surface area contributed by atoms with Crippen LogP contribution in [0.2, 0.25) is 0 Å². The van der Waals surface area contributed by atoms with E-state index in [0.29, 0.717) is 43.7 Å². The Kier molecular flexibility index (Phi) is 6.55. The molecule has 0 unspecified atom stereocenters. The SMILES string of the molecule is CCOC(=O)CCCNCc1cc(C#N)ccc1F. The molecule has 0 amide bonds. The number of benzene rings is 1. The second kappa shape index (κ2) is 8.22. The molecule has 0 spiro atoms. The minimum atomic E-state index is -0.336. The third-order valence-electron chi connectivity index (χ3n) is 2.53. The summed E-state index contributed by atoms with van der Waals surface area (Å²) in [5, 5.41) is 11.8. The van der Waals surface area contributed by atoms with E-state index in [1.807, 2.05) is 6.07 Å². The highest BCUT2D eigenvalue weighted by Gasteiger charge is 2.04. The molecule has 1 aromatic rings. The van der Waals surface area contributed by atoms with Gasteiger partial charge in [-0.3, -0.25) is 4.79 Å². The van der Waals surface area contributed by atoms with Gasteiger partial charge in [-0.1, -0.05) is 0 Å². The topological polar surface area (TPSA) is 62.1 Å². The van der Waals surface area contributed by atoms with Crippen LogP contribution in [0.15, 0.2) is 18.2 Å². The molecule has 0 aromatic heterocycles. The summed E-state index contributed by atoms with van der Waals surface area (Å²) in [5.41, 5.74) is 0.889. The molecule has 1 N–H and O–H groups in total. The zero-order valence-electron chi connectivity index (χ0n) is 10.9. The van der Waals surface area contributed by atoms with Crippen molar-refractivity contribution in [3.63, 3.8) is 0 Å². The van der Waals surface area contributed by atoms with Gasteiger partial charge in [0.1, 0.15) is 5.82 Å². The maximum atomic E-state index is 13.4. The molecule has 0 bridgehead atoms. The van der Waals surface area contributed by atoms with Gasteiger partial charge in [0.2, 0.25) is 0 Å². The van der Waals surface area contributed by atoms with Gasteiger partial charge < -0.3 is 10.1 Å². The second-order valence-corrected chi connectivity index (χ2v) is 4.00. The van der Waals surface area contributed by atoms with Gasteiger partial charge in [-0.25, -0.2) is 4.39 Å². The van der Waals surface area contributed by atoms with E-state index in [1.165, 1.54) is 18.2 Å². The maximum absolute atomic E-state index is 13.4. The fraction of sp³-hybridized carbons (Fsp3) is 0.429. The van der Waals surface area contributed by atoms with Gasteiger partial charge >= 0.3 is 5.97 Å². The molecular weight excluding hydrogens is 247 g/mol. The summed E-state index contributed by atoms with van der Waals surface area (Å²) in [6, 6.07) is 6.22. The van der Waals surface area contributed by atoms with Crippen LogP contribution in [0.3, 0.4) is 0 Å². The number of carbonyl (C=O) groups excluding carboxylic acids is 1. The predicted molar refractivity (Wildman–Crippen MR) is 68.7 cm³/mol. The average molecular weight is 264 g/mol. The lowest BCUT2D eigenvalue weighted by Crippen LogP contribution is -2.17. The van der Waals surface area contributed by atoms with Crippen molar-refractivity contribution >= 4 is 5.97 Å². The fourth-order valence-corrected chi connectivity index (χ4v) is 1.59. The van der Waals surface area contributed by atoms with Gasteiger partial charge in [0, 0.05) is 18.5 Å². The van der Waals surface area contributed by atoms with Gasteiger partial charge in [-0.15, -0.1) is 0 Å². The molecule has 4 nitrogen and oxygen atoms in total. The summed E-state index contributed by atoms with van der Waals surface area (Å²) in [7, 11) is 0. The molecule has 0 fully saturated rings. The van der Waals surface area contributed by atoms with Crippen LogP contribution in [0.1, 0.15) is 30.9 Å². The summed E-state index contributed by atoms with van der Waals surface area (Å²) in [6.07, 6.45) is 0.986. The van der Waals surface area contributed by atoms with Crippen molar-refractivity contribution in [3.8, 4) is 6.07 Å². The van der Waals surface area contributed by atoms with Crippen molar-refractivity contribution in [2.45, 2.75) is 26.3 Å². The summed E-state index contributed by atoms with van der Waals surface area (Å²) < 4.78 is 18.2. The van der Waals surface area contributed by atoms with Crippen molar-refractivity contribution < 1.29 is 13.9 Å². The first kappa shape index (κ1) is 15.1. The minimum absolute atomic E-state index is 0.220. The molecule has 0 radical (unpaired) electrons. The molecule has 0 heterocycles. The molecule has 19 heavy (non-hydrogen) atoms. The molecule has 0 aliphatic carbocycles. The number of halogens is 1. The zero-order valence-corrected chi connectivity index (χ0v) is 10.9. The number of rotatable bonds is 7. The molecule has 102 valence electrons. The molecule has 0 atom stereocenters. The number of nitriles is 1. The van der Waals surface area contributed by atoms with Crippen molar-refractivity contribution in [1.29, 1.82) is 5.26 Å². The number of carbonyl (C=O) groups is 1. The number of nitrogens with zero attached hydrogens (tertiary/aromatic N) is 1. The fourth-order valence-electron chi connectivity index (χ4n) is 1.59. The molecule has 1 rings (SSSR count). The Balaban J connectivity index is 2.30. The Morgan fingerprint density at radius 3 is 3.00 bits per heavy atom. The van der Waals surface area contributed by atoms with Crippen LogP contribution in [-0.2, 0) is 16.1 Å². The van der Waals surface area contributed by atoms with Gasteiger partial charge in [-0.2, -0.15) is 5.26 Å².